The molecule has 1 saturated heterocycles. The SMILES string of the molecule is CCC1CCCCN1c1ncnc(-n2ccnc2)c1N. The number of nitrogens with zero attached hydrogens (tertiary/aromatic N) is 5. The zero-order chi connectivity index (χ0) is 13.9. The minimum absolute atomic E-state index is 0.525. The molecule has 6 heteroatoms. The number of nitrogen functional groups attached to an aromatic ring is 1. The second-order valence-electron chi connectivity index (χ2n) is 5.16. The molecule has 2 aromatic heterocycles. The minimum Gasteiger partial charge on any atom is -0.393 e. The standard InChI is InChI=1S/C14H20N6/c1-2-11-5-3-4-7-20(11)14-12(15)13(17-9-18-14)19-8-6-16-10-19/h6,8-11H,2-5,7,15H2,1H3. The fourth-order valence-corrected chi connectivity index (χ4v) is 2.90. The maximum absolute atomic E-state index is 6.31. The van der Waals surface area contributed by atoms with Crippen LogP contribution in [0.15, 0.2) is 25.0 Å². The van der Waals surface area contributed by atoms with Crippen LogP contribution in [0.2, 0.25) is 0 Å². The summed E-state index contributed by atoms with van der Waals surface area (Å²) in [5, 5.41) is 0. The summed E-state index contributed by atoms with van der Waals surface area (Å²) in [6, 6.07) is 0.525. The maximum atomic E-state index is 6.31. The van der Waals surface area contributed by atoms with E-state index in [0.29, 0.717) is 17.5 Å². The number of piperidine rings is 1. The smallest absolute Gasteiger partial charge is 0.166 e. The van der Waals surface area contributed by atoms with Crippen molar-refractivity contribution >= 4 is 11.5 Å². The van der Waals surface area contributed by atoms with Crippen LogP contribution in [0, 0.1) is 0 Å². The van der Waals surface area contributed by atoms with Gasteiger partial charge in [0.05, 0.1) is 0 Å². The number of imidazole rings is 1. The average Bonchev–Trinajstić information content (AvgIpc) is 3.01. The maximum Gasteiger partial charge on any atom is 0.166 e. The molecule has 0 aliphatic carbocycles. The number of nitrogens with two attached hydrogens (primary N) is 1. The van der Waals surface area contributed by atoms with E-state index in [9.17, 15) is 0 Å². The van der Waals surface area contributed by atoms with Crippen molar-refractivity contribution in [2.24, 2.45) is 0 Å². The summed E-state index contributed by atoms with van der Waals surface area (Å²) in [5.74, 6) is 1.56. The quantitative estimate of drug-likeness (QED) is 0.925. The Hall–Kier alpha value is -2.11. The van der Waals surface area contributed by atoms with Crippen LogP contribution in [-0.4, -0.2) is 32.1 Å². The van der Waals surface area contributed by atoms with Gasteiger partial charge in [0.25, 0.3) is 0 Å². The number of hydrogen-bond acceptors (Lipinski definition) is 5. The topological polar surface area (TPSA) is 72.9 Å². The molecule has 3 heterocycles. The van der Waals surface area contributed by atoms with Gasteiger partial charge in [0.2, 0.25) is 0 Å². The van der Waals surface area contributed by atoms with Gasteiger partial charge in [0.1, 0.15) is 18.3 Å². The van der Waals surface area contributed by atoms with Crippen LogP contribution < -0.4 is 10.6 Å². The summed E-state index contributed by atoms with van der Waals surface area (Å²) in [4.78, 5) is 15.1. The molecule has 0 amide bonds. The van der Waals surface area contributed by atoms with Crippen molar-refractivity contribution in [2.45, 2.75) is 38.6 Å². The van der Waals surface area contributed by atoms with Crippen LogP contribution in [0.5, 0.6) is 0 Å². The summed E-state index contributed by atoms with van der Waals surface area (Å²) in [6.45, 7) is 3.24. The molecule has 1 aliphatic heterocycles. The third kappa shape index (κ3) is 2.21. The van der Waals surface area contributed by atoms with Crippen molar-refractivity contribution in [1.82, 2.24) is 19.5 Å². The summed E-state index contributed by atoms with van der Waals surface area (Å²) < 4.78 is 1.82. The molecular formula is C14H20N6. The molecular weight excluding hydrogens is 252 g/mol. The Morgan fingerprint density at radius 2 is 2.15 bits per heavy atom. The monoisotopic (exact) mass is 272 g/mol. The molecule has 6 nitrogen and oxygen atoms in total. The van der Waals surface area contributed by atoms with Gasteiger partial charge in [-0.15, -0.1) is 0 Å². The lowest BCUT2D eigenvalue weighted by molar-refractivity contribution is 0.447. The van der Waals surface area contributed by atoms with Crippen LogP contribution in [0.25, 0.3) is 5.82 Å². The summed E-state index contributed by atoms with van der Waals surface area (Å²) in [5.41, 5.74) is 6.94. The highest BCUT2D eigenvalue weighted by Crippen LogP contribution is 2.31. The van der Waals surface area contributed by atoms with Crippen molar-refractivity contribution in [1.29, 1.82) is 0 Å². The second kappa shape index (κ2) is 5.48. The van der Waals surface area contributed by atoms with E-state index < -0.39 is 0 Å². The molecule has 20 heavy (non-hydrogen) atoms. The first-order chi connectivity index (χ1) is 9.81. The average molecular weight is 272 g/mol. The van der Waals surface area contributed by atoms with Gasteiger partial charge in [-0.3, -0.25) is 4.57 Å². The minimum atomic E-state index is 0.525. The third-order valence-electron chi connectivity index (χ3n) is 3.96. The van der Waals surface area contributed by atoms with Gasteiger partial charge < -0.3 is 10.6 Å². The van der Waals surface area contributed by atoms with E-state index in [1.807, 2.05) is 10.8 Å². The van der Waals surface area contributed by atoms with Gasteiger partial charge in [0, 0.05) is 25.0 Å². The normalized spacial score (nSPS) is 19.2. The summed E-state index contributed by atoms with van der Waals surface area (Å²) >= 11 is 0. The van der Waals surface area contributed by atoms with E-state index in [1.54, 1.807) is 18.9 Å². The predicted molar refractivity (Wildman–Crippen MR) is 78.8 cm³/mol. The molecule has 1 atom stereocenters. The van der Waals surface area contributed by atoms with Crippen LogP contribution in [0.1, 0.15) is 32.6 Å². The predicted octanol–water partition coefficient (Wildman–Crippen LogP) is 2.01. The fourth-order valence-electron chi connectivity index (χ4n) is 2.90. The first kappa shape index (κ1) is 12.9. The molecule has 0 radical (unpaired) electrons. The van der Waals surface area contributed by atoms with Gasteiger partial charge in [-0.25, -0.2) is 15.0 Å². The number of anilines is 2. The van der Waals surface area contributed by atoms with E-state index >= 15 is 0 Å². The van der Waals surface area contributed by atoms with Gasteiger partial charge in [-0.05, 0) is 25.7 Å². The van der Waals surface area contributed by atoms with Crippen molar-refractivity contribution in [3.05, 3.63) is 25.0 Å². The number of hydrogen-bond donors (Lipinski definition) is 1. The number of rotatable bonds is 3. The number of aromatic nitrogens is 4. The highest BCUT2D eigenvalue weighted by Gasteiger charge is 2.25. The molecule has 2 aromatic rings. The molecule has 1 aliphatic rings. The Labute approximate surface area is 118 Å². The Morgan fingerprint density at radius 1 is 1.30 bits per heavy atom. The first-order valence-corrected chi connectivity index (χ1v) is 7.16. The Balaban J connectivity index is 1.99. The summed E-state index contributed by atoms with van der Waals surface area (Å²) in [7, 11) is 0. The molecule has 0 aromatic carbocycles. The van der Waals surface area contributed by atoms with E-state index in [1.165, 1.54) is 19.3 Å². The van der Waals surface area contributed by atoms with Crippen LogP contribution in [0.4, 0.5) is 11.5 Å². The van der Waals surface area contributed by atoms with E-state index in [-0.39, 0.29) is 0 Å². The lowest BCUT2D eigenvalue weighted by atomic mass is 10.00. The van der Waals surface area contributed by atoms with Crippen LogP contribution >= 0.6 is 0 Å². The van der Waals surface area contributed by atoms with Gasteiger partial charge in [-0.1, -0.05) is 6.92 Å². The van der Waals surface area contributed by atoms with Gasteiger partial charge >= 0.3 is 0 Å². The van der Waals surface area contributed by atoms with E-state index in [4.69, 9.17) is 5.73 Å². The largest absolute Gasteiger partial charge is 0.393 e. The van der Waals surface area contributed by atoms with Crippen molar-refractivity contribution in [3.63, 3.8) is 0 Å². The zero-order valence-corrected chi connectivity index (χ0v) is 11.7. The van der Waals surface area contributed by atoms with Crippen molar-refractivity contribution in [3.8, 4) is 5.82 Å². The zero-order valence-electron chi connectivity index (χ0n) is 11.7. The lowest BCUT2D eigenvalue weighted by Crippen LogP contribution is -2.40. The molecule has 0 bridgehead atoms. The fraction of sp³-hybridized carbons (Fsp3) is 0.500. The van der Waals surface area contributed by atoms with E-state index in [2.05, 4.69) is 26.8 Å². The van der Waals surface area contributed by atoms with Crippen LogP contribution in [-0.2, 0) is 0 Å². The molecule has 0 spiro atoms. The molecule has 106 valence electrons. The summed E-state index contributed by atoms with van der Waals surface area (Å²) in [6.07, 6.45) is 11.7. The van der Waals surface area contributed by atoms with Crippen LogP contribution in [0.3, 0.4) is 0 Å². The first-order valence-electron chi connectivity index (χ1n) is 7.16. The molecule has 1 unspecified atom stereocenters. The van der Waals surface area contributed by atoms with E-state index in [0.717, 1.165) is 18.8 Å². The molecule has 3 rings (SSSR count). The van der Waals surface area contributed by atoms with Crippen molar-refractivity contribution < 1.29 is 0 Å². The molecule has 2 N–H and O–H groups in total. The molecule has 1 fully saturated rings. The highest BCUT2D eigenvalue weighted by molar-refractivity contribution is 5.70. The second-order valence-corrected chi connectivity index (χ2v) is 5.16. The van der Waals surface area contributed by atoms with Gasteiger partial charge in [0.15, 0.2) is 11.6 Å². The Morgan fingerprint density at radius 3 is 2.90 bits per heavy atom. The lowest BCUT2D eigenvalue weighted by Gasteiger charge is -2.36. The molecule has 0 saturated carbocycles. The Bertz CT molecular complexity index is 565. The third-order valence-corrected chi connectivity index (χ3v) is 3.96. The highest BCUT2D eigenvalue weighted by atomic mass is 15.2. The Kier molecular flexibility index (Phi) is 3.54. The van der Waals surface area contributed by atoms with Gasteiger partial charge in [-0.2, -0.15) is 0 Å². The van der Waals surface area contributed by atoms with Crippen molar-refractivity contribution in [2.75, 3.05) is 17.2 Å².